The van der Waals surface area contributed by atoms with Gasteiger partial charge in [-0.15, -0.1) is 0 Å². The number of rotatable bonds is 8. The van der Waals surface area contributed by atoms with Crippen LogP contribution in [-0.2, 0) is 14.3 Å². The Morgan fingerprint density at radius 2 is 1.88 bits per heavy atom. The van der Waals surface area contributed by atoms with Gasteiger partial charge in [0.05, 0.1) is 12.3 Å². The molecule has 0 saturated carbocycles. The zero-order chi connectivity index (χ0) is 12.7. The van der Waals surface area contributed by atoms with Crippen molar-refractivity contribution in [3.8, 4) is 0 Å². The molecule has 0 radical (unpaired) electrons. The van der Waals surface area contributed by atoms with Gasteiger partial charge in [0.25, 0.3) is 0 Å². The first kappa shape index (κ1) is 14.2. The van der Waals surface area contributed by atoms with Crippen molar-refractivity contribution < 1.29 is 14.3 Å². The van der Waals surface area contributed by atoms with Crippen LogP contribution in [0.3, 0.4) is 0 Å². The molecule has 0 N–H and O–H groups in total. The van der Waals surface area contributed by atoms with Crippen LogP contribution in [0.5, 0.6) is 0 Å². The second kappa shape index (κ2) is 7.46. The zero-order valence-electron chi connectivity index (χ0n) is 11.0. The average molecular weight is 240 g/mol. The summed E-state index contributed by atoms with van der Waals surface area (Å²) in [5.41, 5.74) is 0. The first-order valence-electron chi connectivity index (χ1n) is 6.93. The minimum absolute atomic E-state index is 0.168. The van der Waals surface area contributed by atoms with Crippen molar-refractivity contribution in [1.29, 1.82) is 0 Å². The molecule has 0 aromatic carbocycles. The number of ether oxygens (including phenoxy) is 1. The van der Waals surface area contributed by atoms with Crippen LogP contribution in [0.2, 0.25) is 0 Å². The molecular formula is C14H24O3. The third-order valence-corrected chi connectivity index (χ3v) is 3.68. The number of cyclic esters (lactones) is 2. The lowest BCUT2D eigenvalue weighted by atomic mass is 9.84. The van der Waals surface area contributed by atoms with E-state index in [-0.39, 0.29) is 17.9 Å². The maximum absolute atomic E-state index is 11.5. The van der Waals surface area contributed by atoms with Crippen LogP contribution in [0.1, 0.15) is 65.2 Å². The summed E-state index contributed by atoms with van der Waals surface area (Å²) in [6, 6.07) is 0. The number of carbonyl (C=O) groups excluding carboxylic acids is 2. The molecule has 3 heteroatoms. The Balaban J connectivity index is 2.28. The standard InChI is InChI=1S/C14H24O3/c1-3-5-6-7-8-9-11(4-2)12-10-13(15)17-14(12)16/h11-12H,3-10H2,1-2H3. The third kappa shape index (κ3) is 4.49. The van der Waals surface area contributed by atoms with E-state index in [0.717, 1.165) is 19.3 Å². The predicted octanol–water partition coefficient (Wildman–Crippen LogP) is 3.46. The lowest BCUT2D eigenvalue weighted by Crippen LogP contribution is -2.18. The van der Waals surface area contributed by atoms with Gasteiger partial charge in [-0.3, -0.25) is 9.59 Å². The smallest absolute Gasteiger partial charge is 0.317 e. The molecule has 1 fully saturated rings. The fourth-order valence-electron chi connectivity index (χ4n) is 2.55. The summed E-state index contributed by atoms with van der Waals surface area (Å²) >= 11 is 0. The van der Waals surface area contributed by atoms with Crippen molar-refractivity contribution in [2.75, 3.05) is 0 Å². The van der Waals surface area contributed by atoms with Gasteiger partial charge in [-0.2, -0.15) is 0 Å². The Labute approximate surface area is 104 Å². The second-order valence-electron chi connectivity index (χ2n) is 4.97. The molecule has 1 rings (SSSR count). The Hall–Kier alpha value is -0.860. The zero-order valence-corrected chi connectivity index (χ0v) is 11.0. The van der Waals surface area contributed by atoms with Gasteiger partial charge < -0.3 is 4.74 Å². The maximum atomic E-state index is 11.5. The first-order valence-corrected chi connectivity index (χ1v) is 6.93. The van der Waals surface area contributed by atoms with Gasteiger partial charge >= 0.3 is 11.9 Å². The van der Waals surface area contributed by atoms with E-state index in [2.05, 4.69) is 18.6 Å². The average Bonchev–Trinajstić information content (AvgIpc) is 2.63. The molecule has 0 aromatic heterocycles. The molecule has 0 spiro atoms. The fraction of sp³-hybridized carbons (Fsp3) is 0.857. The number of unbranched alkanes of at least 4 members (excludes halogenated alkanes) is 4. The van der Waals surface area contributed by atoms with Crippen molar-refractivity contribution in [3.63, 3.8) is 0 Å². The molecule has 98 valence electrons. The summed E-state index contributed by atoms with van der Waals surface area (Å²) in [6.45, 7) is 4.29. The molecule has 1 aliphatic heterocycles. The van der Waals surface area contributed by atoms with Gasteiger partial charge in [-0.05, 0) is 12.3 Å². The highest BCUT2D eigenvalue weighted by Crippen LogP contribution is 2.30. The van der Waals surface area contributed by atoms with Crippen molar-refractivity contribution in [2.24, 2.45) is 11.8 Å². The Morgan fingerprint density at radius 3 is 2.41 bits per heavy atom. The summed E-state index contributed by atoms with van der Waals surface area (Å²) < 4.78 is 4.62. The Kier molecular flexibility index (Phi) is 6.23. The quantitative estimate of drug-likeness (QED) is 0.371. The van der Waals surface area contributed by atoms with E-state index < -0.39 is 0 Å². The molecule has 0 amide bonds. The van der Waals surface area contributed by atoms with Crippen LogP contribution in [0.15, 0.2) is 0 Å². The van der Waals surface area contributed by atoms with Crippen LogP contribution in [0, 0.1) is 11.8 Å². The van der Waals surface area contributed by atoms with Crippen LogP contribution in [0.4, 0.5) is 0 Å². The fourth-order valence-corrected chi connectivity index (χ4v) is 2.55. The van der Waals surface area contributed by atoms with Gasteiger partial charge in [0.15, 0.2) is 0 Å². The summed E-state index contributed by atoms with van der Waals surface area (Å²) in [7, 11) is 0. The van der Waals surface area contributed by atoms with Crippen molar-refractivity contribution in [2.45, 2.75) is 65.2 Å². The number of hydrogen-bond acceptors (Lipinski definition) is 3. The van der Waals surface area contributed by atoms with Crippen molar-refractivity contribution in [3.05, 3.63) is 0 Å². The number of hydrogen-bond donors (Lipinski definition) is 0. The minimum atomic E-state index is -0.343. The Morgan fingerprint density at radius 1 is 1.18 bits per heavy atom. The highest BCUT2D eigenvalue weighted by atomic mass is 16.6. The van der Waals surface area contributed by atoms with E-state index in [0.29, 0.717) is 12.3 Å². The van der Waals surface area contributed by atoms with E-state index in [1.807, 2.05) is 0 Å². The highest BCUT2D eigenvalue weighted by molar-refractivity contribution is 5.94. The first-order chi connectivity index (χ1) is 8.19. The summed E-state index contributed by atoms with van der Waals surface area (Å²) in [4.78, 5) is 22.5. The summed E-state index contributed by atoms with van der Waals surface area (Å²) in [5.74, 6) is -0.478. The number of esters is 2. The molecule has 17 heavy (non-hydrogen) atoms. The van der Waals surface area contributed by atoms with Crippen LogP contribution < -0.4 is 0 Å². The van der Waals surface area contributed by atoms with Crippen LogP contribution in [0.25, 0.3) is 0 Å². The van der Waals surface area contributed by atoms with Crippen LogP contribution >= 0.6 is 0 Å². The largest absolute Gasteiger partial charge is 0.393 e. The van der Waals surface area contributed by atoms with Gasteiger partial charge in [-0.25, -0.2) is 0 Å². The van der Waals surface area contributed by atoms with E-state index in [1.165, 1.54) is 25.7 Å². The molecule has 3 nitrogen and oxygen atoms in total. The molecule has 1 saturated heterocycles. The molecule has 1 aliphatic rings. The maximum Gasteiger partial charge on any atom is 0.317 e. The van der Waals surface area contributed by atoms with Gasteiger partial charge in [0.1, 0.15) is 0 Å². The third-order valence-electron chi connectivity index (χ3n) is 3.68. The Bertz CT molecular complexity index is 260. The normalized spacial score (nSPS) is 21.6. The predicted molar refractivity (Wildman–Crippen MR) is 66.4 cm³/mol. The van der Waals surface area contributed by atoms with E-state index in [4.69, 9.17) is 0 Å². The molecule has 1 heterocycles. The highest BCUT2D eigenvalue weighted by Gasteiger charge is 2.37. The monoisotopic (exact) mass is 240 g/mol. The van der Waals surface area contributed by atoms with E-state index in [1.54, 1.807) is 0 Å². The summed E-state index contributed by atoms with van der Waals surface area (Å²) in [6.07, 6.45) is 8.53. The second-order valence-corrected chi connectivity index (χ2v) is 4.97. The molecule has 0 bridgehead atoms. The lowest BCUT2D eigenvalue weighted by Gasteiger charge is -2.17. The molecule has 2 atom stereocenters. The van der Waals surface area contributed by atoms with E-state index in [9.17, 15) is 9.59 Å². The van der Waals surface area contributed by atoms with Crippen molar-refractivity contribution >= 4 is 11.9 Å². The molecule has 0 aromatic rings. The molecule has 2 unspecified atom stereocenters. The van der Waals surface area contributed by atoms with E-state index >= 15 is 0 Å². The molecule has 0 aliphatic carbocycles. The minimum Gasteiger partial charge on any atom is -0.393 e. The van der Waals surface area contributed by atoms with Gasteiger partial charge in [0, 0.05) is 0 Å². The van der Waals surface area contributed by atoms with Crippen LogP contribution in [-0.4, -0.2) is 11.9 Å². The topological polar surface area (TPSA) is 43.4 Å². The summed E-state index contributed by atoms with van der Waals surface area (Å²) in [5, 5.41) is 0. The van der Waals surface area contributed by atoms with Crippen molar-refractivity contribution in [1.82, 2.24) is 0 Å². The lowest BCUT2D eigenvalue weighted by molar-refractivity contribution is -0.153. The van der Waals surface area contributed by atoms with Gasteiger partial charge in [-0.1, -0.05) is 52.4 Å². The number of carbonyl (C=O) groups is 2. The SMILES string of the molecule is CCCCCCCC(CC)C1CC(=O)OC1=O. The van der Waals surface area contributed by atoms with Gasteiger partial charge in [0.2, 0.25) is 0 Å². The molecular weight excluding hydrogens is 216 g/mol.